The maximum Gasteiger partial charge on any atom is 0.266 e. The van der Waals surface area contributed by atoms with Gasteiger partial charge in [0.25, 0.3) is 5.56 Å². The molecule has 0 bridgehead atoms. The summed E-state index contributed by atoms with van der Waals surface area (Å²) in [7, 11) is 1.57. The van der Waals surface area contributed by atoms with Crippen LogP contribution in [-0.4, -0.2) is 23.3 Å². The van der Waals surface area contributed by atoms with E-state index < -0.39 is 0 Å². The Labute approximate surface area is 179 Å². The van der Waals surface area contributed by atoms with Gasteiger partial charge in [-0.1, -0.05) is 42.5 Å². The van der Waals surface area contributed by atoms with Gasteiger partial charge in [0, 0.05) is 5.56 Å². The Morgan fingerprint density at radius 3 is 2.48 bits per heavy atom. The van der Waals surface area contributed by atoms with Gasteiger partial charge in [-0.05, 0) is 49.4 Å². The molecule has 31 heavy (non-hydrogen) atoms. The molecular formula is C25H22N2O4. The molecule has 156 valence electrons. The van der Waals surface area contributed by atoms with Crippen LogP contribution in [0.2, 0.25) is 0 Å². The van der Waals surface area contributed by atoms with Gasteiger partial charge in [-0.2, -0.15) is 4.89 Å². The van der Waals surface area contributed by atoms with E-state index in [4.69, 9.17) is 19.5 Å². The molecule has 0 saturated heterocycles. The molecule has 3 aromatic carbocycles. The number of aromatic nitrogens is 2. The van der Waals surface area contributed by atoms with Gasteiger partial charge in [-0.15, -0.1) is 0 Å². The van der Waals surface area contributed by atoms with Crippen molar-refractivity contribution in [2.45, 2.75) is 6.92 Å². The lowest BCUT2D eigenvalue weighted by atomic mass is 10.1. The number of hydrogen-bond acceptors (Lipinski definition) is 5. The lowest BCUT2D eigenvalue weighted by molar-refractivity contribution is -0.203. The summed E-state index contributed by atoms with van der Waals surface area (Å²) in [6, 6.07) is 22.3. The van der Waals surface area contributed by atoms with Crippen molar-refractivity contribution in [1.82, 2.24) is 9.55 Å². The molecule has 0 unspecified atom stereocenters. The second-order valence-electron chi connectivity index (χ2n) is 6.67. The maximum atomic E-state index is 13.3. The van der Waals surface area contributed by atoms with Crippen LogP contribution in [0.4, 0.5) is 0 Å². The van der Waals surface area contributed by atoms with Gasteiger partial charge in [-0.25, -0.2) is 4.98 Å². The minimum atomic E-state index is -0.132. The van der Waals surface area contributed by atoms with Crippen molar-refractivity contribution in [1.29, 1.82) is 0 Å². The first-order chi connectivity index (χ1) is 15.2. The number of rotatable bonds is 7. The van der Waals surface area contributed by atoms with Crippen molar-refractivity contribution < 1.29 is 14.5 Å². The van der Waals surface area contributed by atoms with Crippen LogP contribution in [0.15, 0.2) is 77.6 Å². The van der Waals surface area contributed by atoms with Gasteiger partial charge < -0.3 is 9.62 Å². The van der Waals surface area contributed by atoms with Crippen molar-refractivity contribution in [3.8, 4) is 17.2 Å². The third-order valence-corrected chi connectivity index (χ3v) is 4.72. The zero-order valence-corrected chi connectivity index (χ0v) is 17.3. The molecule has 0 N–H and O–H groups in total. The molecule has 6 nitrogen and oxygen atoms in total. The van der Waals surface area contributed by atoms with E-state index in [1.54, 1.807) is 29.9 Å². The first-order valence-corrected chi connectivity index (χ1v) is 9.94. The average Bonchev–Trinajstić information content (AvgIpc) is 2.82. The highest BCUT2D eigenvalue weighted by molar-refractivity contribution is 5.80. The van der Waals surface area contributed by atoms with E-state index in [-0.39, 0.29) is 5.56 Å². The van der Waals surface area contributed by atoms with E-state index in [1.165, 1.54) is 0 Å². The molecule has 0 aliphatic rings. The highest BCUT2D eigenvalue weighted by atomic mass is 17.2. The van der Waals surface area contributed by atoms with Crippen LogP contribution in [-0.2, 0) is 4.89 Å². The quantitative estimate of drug-likeness (QED) is 0.318. The Morgan fingerprint density at radius 1 is 0.935 bits per heavy atom. The third-order valence-electron chi connectivity index (χ3n) is 4.72. The Morgan fingerprint density at radius 2 is 1.71 bits per heavy atom. The van der Waals surface area contributed by atoms with E-state index in [1.807, 2.05) is 73.7 Å². The van der Waals surface area contributed by atoms with E-state index in [2.05, 4.69) is 0 Å². The minimum absolute atomic E-state index is 0.132. The van der Waals surface area contributed by atoms with Gasteiger partial charge in [0.15, 0.2) is 5.75 Å². The number of ether oxygens (including phenoxy) is 1. The first kappa shape index (κ1) is 20.4. The normalized spacial score (nSPS) is 11.2. The SMILES string of the molecule is CCOOc1c(/C=C/c2nc3ccccc3c(=O)n2-c2ccccc2)cccc1OC. The predicted molar refractivity (Wildman–Crippen MR) is 122 cm³/mol. The van der Waals surface area contributed by atoms with Crippen molar-refractivity contribution in [2.75, 3.05) is 13.7 Å². The summed E-state index contributed by atoms with van der Waals surface area (Å²) in [6.07, 6.45) is 3.61. The van der Waals surface area contributed by atoms with Gasteiger partial charge in [-0.3, -0.25) is 9.36 Å². The number of para-hydroxylation sites is 3. The van der Waals surface area contributed by atoms with Crippen LogP contribution in [0.25, 0.3) is 28.7 Å². The summed E-state index contributed by atoms with van der Waals surface area (Å²) in [5.74, 6) is 1.50. The summed E-state index contributed by atoms with van der Waals surface area (Å²) in [5.41, 5.74) is 1.97. The lowest BCUT2D eigenvalue weighted by Crippen LogP contribution is -2.22. The van der Waals surface area contributed by atoms with E-state index in [0.29, 0.717) is 34.8 Å². The zero-order valence-electron chi connectivity index (χ0n) is 17.3. The molecule has 0 radical (unpaired) electrons. The van der Waals surface area contributed by atoms with E-state index in [0.717, 1.165) is 11.3 Å². The molecular weight excluding hydrogens is 392 g/mol. The highest BCUT2D eigenvalue weighted by Crippen LogP contribution is 2.32. The van der Waals surface area contributed by atoms with Crippen LogP contribution in [0.5, 0.6) is 11.5 Å². The summed E-state index contributed by atoms with van der Waals surface area (Å²) in [6.45, 7) is 2.23. The van der Waals surface area contributed by atoms with Crippen molar-refractivity contribution in [3.63, 3.8) is 0 Å². The molecule has 0 amide bonds. The fraction of sp³-hybridized carbons (Fsp3) is 0.120. The van der Waals surface area contributed by atoms with Crippen LogP contribution in [0.1, 0.15) is 18.3 Å². The average molecular weight is 414 g/mol. The molecule has 4 rings (SSSR count). The Kier molecular flexibility index (Phi) is 6.10. The molecule has 6 heteroatoms. The monoisotopic (exact) mass is 414 g/mol. The van der Waals surface area contributed by atoms with Gasteiger partial charge >= 0.3 is 0 Å². The third kappa shape index (κ3) is 4.20. The van der Waals surface area contributed by atoms with Crippen LogP contribution >= 0.6 is 0 Å². The van der Waals surface area contributed by atoms with Crippen molar-refractivity contribution in [2.24, 2.45) is 0 Å². The number of hydrogen-bond donors (Lipinski definition) is 0. The molecule has 0 aliphatic carbocycles. The molecule has 1 heterocycles. The van der Waals surface area contributed by atoms with E-state index >= 15 is 0 Å². The summed E-state index contributed by atoms with van der Waals surface area (Å²) in [4.78, 5) is 28.6. The van der Waals surface area contributed by atoms with Gasteiger partial charge in [0.05, 0.1) is 30.3 Å². The second-order valence-corrected chi connectivity index (χ2v) is 6.67. The van der Waals surface area contributed by atoms with Crippen LogP contribution in [0.3, 0.4) is 0 Å². The van der Waals surface area contributed by atoms with Crippen LogP contribution < -0.4 is 15.2 Å². The number of fused-ring (bicyclic) bond motifs is 1. The zero-order chi connectivity index (χ0) is 21.6. The molecule has 0 atom stereocenters. The van der Waals surface area contributed by atoms with Crippen molar-refractivity contribution in [3.05, 3.63) is 94.5 Å². The summed E-state index contributed by atoms with van der Waals surface area (Å²) >= 11 is 0. The molecule has 4 aromatic rings. The van der Waals surface area contributed by atoms with Crippen molar-refractivity contribution >= 4 is 23.1 Å². The number of methoxy groups -OCH3 is 1. The van der Waals surface area contributed by atoms with Crippen LogP contribution in [0, 0.1) is 0 Å². The number of nitrogens with zero attached hydrogens (tertiary/aromatic N) is 2. The Balaban J connectivity index is 1.88. The molecule has 0 fully saturated rings. The first-order valence-electron chi connectivity index (χ1n) is 9.94. The highest BCUT2D eigenvalue weighted by Gasteiger charge is 2.13. The minimum Gasteiger partial charge on any atom is -0.493 e. The van der Waals surface area contributed by atoms with E-state index in [9.17, 15) is 4.79 Å². The molecule has 1 aromatic heterocycles. The largest absolute Gasteiger partial charge is 0.493 e. The second kappa shape index (κ2) is 9.28. The van der Waals surface area contributed by atoms with Gasteiger partial charge in [0.1, 0.15) is 5.82 Å². The summed E-state index contributed by atoms with van der Waals surface area (Å²) in [5, 5.41) is 0.560. The molecule has 0 spiro atoms. The lowest BCUT2D eigenvalue weighted by Gasteiger charge is -2.12. The topological polar surface area (TPSA) is 62.6 Å². The fourth-order valence-corrected chi connectivity index (χ4v) is 3.28. The standard InChI is InChI=1S/C25H22N2O4/c1-3-30-31-24-18(10-9-15-22(24)29-2)16-17-23-26-21-14-8-7-13-20(21)25(28)27(23)19-11-5-4-6-12-19/h4-17H,3H2,1-2H3/b17-16+. The molecule has 0 saturated carbocycles. The smallest absolute Gasteiger partial charge is 0.266 e. The summed E-state index contributed by atoms with van der Waals surface area (Å²) < 4.78 is 6.99. The Bertz CT molecular complexity index is 1280. The maximum absolute atomic E-state index is 13.3. The fourth-order valence-electron chi connectivity index (χ4n) is 3.28. The predicted octanol–water partition coefficient (Wildman–Crippen LogP) is 4.90. The van der Waals surface area contributed by atoms with Gasteiger partial charge in [0.2, 0.25) is 5.75 Å². The molecule has 0 aliphatic heterocycles. The Hall–Kier alpha value is -3.90. The number of benzene rings is 3.